The minimum Gasteiger partial charge on any atom is -0.413 e. The molecule has 0 amide bonds. The Hall–Kier alpha value is -1.71. The van der Waals surface area contributed by atoms with E-state index in [0.29, 0.717) is 5.69 Å². The lowest BCUT2D eigenvalue weighted by Gasteiger charge is -2.04. The van der Waals surface area contributed by atoms with Gasteiger partial charge in [0.1, 0.15) is 12.0 Å². The molecule has 4 nitrogen and oxygen atoms in total. The number of aromatic nitrogens is 2. The van der Waals surface area contributed by atoms with Gasteiger partial charge in [-0.2, -0.15) is 0 Å². The topological polar surface area (TPSA) is 56.0 Å². The van der Waals surface area contributed by atoms with Crippen molar-refractivity contribution in [3.05, 3.63) is 40.7 Å². The van der Waals surface area contributed by atoms with Crippen LogP contribution < -0.4 is 5.76 Å². The molecule has 0 aliphatic heterocycles. The molecule has 0 aromatic carbocycles. The first-order chi connectivity index (χ1) is 6.36. The van der Waals surface area contributed by atoms with Crippen LogP contribution in [0.2, 0.25) is 0 Å². The fourth-order valence-electron chi connectivity index (χ4n) is 1.20. The van der Waals surface area contributed by atoms with Crippen LogP contribution in [0.5, 0.6) is 0 Å². The lowest BCUT2D eigenvalue weighted by Crippen LogP contribution is -2.07. The van der Waals surface area contributed by atoms with Crippen molar-refractivity contribution in [3.8, 4) is 0 Å². The largest absolute Gasteiger partial charge is 0.457 e. The first-order valence-corrected chi connectivity index (χ1v) is 4.03. The highest BCUT2D eigenvalue weighted by molar-refractivity contribution is 5.63. The fraction of sp³-hybridized carbons (Fsp3) is 0.222. The van der Waals surface area contributed by atoms with Crippen molar-refractivity contribution in [2.45, 2.75) is 12.8 Å². The molecule has 1 aliphatic carbocycles. The predicted octanol–water partition coefficient (Wildman–Crippen LogP) is 1.16. The average molecular weight is 176 g/mol. The molecule has 1 heterocycles. The number of hydrogen-bond acceptors (Lipinski definition) is 4. The molecule has 0 spiro atoms. The minimum absolute atomic E-state index is 0.643. The van der Waals surface area contributed by atoms with Crippen molar-refractivity contribution in [2.24, 2.45) is 0 Å². The van der Waals surface area contributed by atoms with Gasteiger partial charge in [-0.25, -0.2) is 4.79 Å². The summed E-state index contributed by atoms with van der Waals surface area (Å²) in [6, 6.07) is 0. The summed E-state index contributed by atoms with van der Waals surface area (Å²) in [7, 11) is 0. The molecule has 1 aromatic rings. The van der Waals surface area contributed by atoms with E-state index >= 15 is 0 Å². The van der Waals surface area contributed by atoms with Gasteiger partial charge in [0, 0.05) is 0 Å². The summed E-state index contributed by atoms with van der Waals surface area (Å²) in [5, 5.41) is 7.06. The molecule has 0 N–H and O–H groups in total. The Morgan fingerprint density at radius 2 is 2.23 bits per heavy atom. The normalized spacial score (nSPS) is 15.5. The summed E-state index contributed by atoms with van der Waals surface area (Å²) in [6.45, 7) is 0. The minimum atomic E-state index is -0.657. The highest BCUT2D eigenvalue weighted by Gasteiger charge is 2.05. The monoisotopic (exact) mass is 176 g/mol. The van der Waals surface area contributed by atoms with Crippen LogP contribution in [0.1, 0.15) is 18.5 Å². The maximum Gasteiger partial charge on any atom is 0.457 e. The number of rotatable bonds is 1. The molecular formula is C9H8N2O2. The zero-order valence-electron chi connectivity index (χ0n) is 6.93. The van der Waals surface area contributed by atoms with Gasteiger partial charge >= 0.3 is 5.76 Å². The summed E-state index contributed by atoms with van der Waals surface area (Å²) >= 11 is 0. The Labute approximate surface area is 74.6 Å². The third-order valence-electron chi connectivity index (χ3n) is 1.84. The molecule has 4 heteroatoms. The predicted molar refractivity (Wildman–Crippen MR) is 46.9 cm³/mol. The van der Waals surface area contributed by atoms with E-state index < -0.39 is 5.76 Å². The van der Waals surface area contributed by atoms with Crippen molar-refractivity contribution in [1.29, 1.82) is 0 Å². The maximum absolute atomic E-state index is 10.5. The second-order valence-corrected chi connectivity index (χ2v) is 2.73. The number of hydrogen-bond donors (Lipinski definition) is 0. The molecular weight excluding hydrogens is 168 g/mol. The average Bonchev–Trinajstić information content (AvgIpc) is 2.20. The van der Waals surface area contributed by atoms with E-state index in [-0.39, 0.29) is 0 Å². The zero-order chi connectivity index (χ0) is 9.10. The van der Waals surface area contributed by atoms with Crippen molar-refractivity contribution >= 4 is 5.57 Å². The van der Waals surface area contributed by atoms with Crippen LogP contribution in [0.4, 0.5) is 0 Å². The van der Waals surface area contributed by atoms with E-state index in [0.717, 1.165) is 18.4 Å². The lowest BCUT2D eigenvalue weighted by atomic mass is 10.0. The maximum atomic E-state index is 10.5. The summed E-state index contributed by atoms with van der Waals surface area (Å²) < 4.78 is 4.62. The second-order valence-electron chi connectivity index (χ2n) is 2.73. The highest BCUT2D eigenvalue weighted by Crippen LogP contribution is 2.19. The van der Waals surface area contributed by atoms with Crippen molar-refractivity contribution in [2.75, 3.05) is 0 Å². The third-order valence-corrected chi connectivity index (χ3v) is 1.84. The van der Waals surface area contributed by atoms with Crippen LogP contribution in [0.3, 0.4) is 0 Å². The van der Waals surface area contributed by atoms with Gasteiger partial charge in [0.05, 0.1) is 0 Å². The van der Waals surface area contributed by atoms with Crippen molar-refractivity contribution in [1.82, 2.24) is 10.2 Å². The van der Waals surface area contributed by atoms with Crippen LogP contribution in [0.15, 0.2) is 33.7 Å². The van der Waals surface area contributed by atoms with Crippen molar-refractivity contribution in [3.63, 3.8) is 0 Å². The number of nitrogens with zero attached hydrogens (tertiary/aromatic N) is 2. The van der Waals surface area contributed by atoms with Gasteiger partial charge in [0.2, 0.25) is 0 Å². The molecule has 0 atom stereocenters. The molecule has 2 rings (SSSR count). The Morgan fingerprint density at radius 1 is 1.31 bits per heavy atom. The van der Waals surface area contributed by atoms with Gasteiger partial charge in [-0.1, -0.05) is 23.3 Å². The molecule has 0 saturated carbocycles. The van der Waals surface area contributed by atoms with E-state index in [1.54, 1.807) is 0 Å². The Kier molecular flexibility index (Phi) is 2.04. The molecule has 66 valence electrons. The van der Waals surface area contributed by atoms with Gasteiger partial charge in [-0.05, 0) is 18.4 Å². The molecule has 0 saturated heterocycles. The van der Waals surface area contributed by atoms with Crippen molar-refractivity contribution < 1.29 is 4.42 Å². The van der Waals surface area contributed by atoms with Gasteiger partial charge in [-0.15, -0.1) is 5.10 Å². The molecule has 0 radical (unpaired) electrons. The SMILES string of the molecule is O=c1nnc(C2=CCC=CC2)co1. The van der Waals surface area contributed by atoms with Gasteiger partial charge < -0.3 is 4.42 Å². The molecule has 0 unspecified atom stereocenters. The molecule has 13 heavy (non-hydrogen) atoms. The van der Waals surface area contributed by atoms with Crippen LogP contribution in [0.25, 0.3) is 5.57 Å². The summed E-state index contributed by atoms with van der Waals surface area (Å²) in [4.78, 5) is 10.5. The molecule has 0 bridgehead atoms. The Morgan fingerprint density at radius 3 is 2.85 bits per heavy atom. The molecule has 1 aromatic heterocycles. The Bertz CT molecular complexity index is 397. The van der Waals surface area contributed by atoms with Crippen LogP contribution in [0, 0.1) is 0 Å². The van der Waals surface area contributed by atoms with Gasteiger partial charge in [0.25, 0.3) is 0 Å². The zero-order valence-corrected chi connectivity index (χ0v) is 6.93. The summed E-state index contributed by atoms with van der Waals surface area (Å²) in [5.74, 6) is -0.657. The first kappa shape index (κ1) is 7.91. The summed E-state index contributed by atoms with van der Waals surface area (Å²) in [6.07, 6.45) is 9.25. The van der Waals surface area contributed by atoms with Crippen LogP contribution >= 0.6 is 0 Å². The fourth-order valence-corrected chi connectivity index (χ4v) is 1.20. The van der Waals surface area contributed by atoms with Gasteiger partial charge in [-0.3, -0.25) is 0 Å². The Balaban J connectivity index is 2.30. The standard InChI is InChI=1S/C9H8N2O2/c12-9-11-10-8(6-13-9)7-4-2-1-3-5-7/h1-2,5-6H,3-4H2. The summed E-state index contributed by atoms with van der Waals surface area (Å²) in [5.41, 5.74) is 1.70. The first-order valence-electron chi connectivity index (χ1n) is 4.03. The van der Waals surface area contributed by atoms with E-state index in [1.165, 1.54) is 6.26 Å². The van der Waals surface area contributed by atoms with E-state index in [1.807, 2.05) is 6.08 Å². The second kappa shape index (κ2) is 3.35. The molecule has 1 aliphatic rings. The van der Waals surface area contributed by atoms with Crippen LogP contribution in [-0.2, 0) is 0 Å². The van der Waals surface area contributed by atoms with E-state index in [4.69, 9.17) is 0 Å². The lowest BCUT2D eigenvalue weighted by molar-refractivity contribution is 0.462. The highest BCUT2D eigenvalue weighted by atomic mass is 16.4. The van der Waals surface area contributed by atoms with E-state index in [2.05, 4.69) is 26.8 Å². The van der Waals surface area contributed by atoms with Gasteiger partial charge in [0.15, 0.2) is 0 Å². The quantitative estimate of drug-likeness (QED) is 0.602. The number of allylic oxidation sites excluding steroid dienone is 4. The van der Waals surface area contributed by atoms with E-state index in [9.17, 15) is 4.79 Å². The molecule has 0 fully saturated rings. The third kappa shape index (κ3) is 1.72. The van der Waals surface area contributed by atoms with Crippen LogP contribution in [-0.4, -0.2) is 10.2 Å². The smallest absolute Gasteiger partial charge is 0.413 e.